The van der Waals surface area contributed by atoms with Crippen LogP contribution in [0, 0.1) is 0 Å². The maximum absolute atomic E-state index is 12.7. The third-order valence-electron chi connectivity index (χ3n) is 4.05. The maximum Gasteiger partial charge on any atom is 0.261 e. The molecule has 0 saturated carbocycles. The Morgan fingerprint density at radius 3 is 2.31 bits per heavy atom. The highest BCUT2D eigenvalue weighted by molar-refractivity contribution is 9.10. The summed E-state index contributed by atoms with van der Waals surface area (Å²) in [5.74, 6) is 1.02. The smallest absolute Gasteiger partial charge is 0.261 e. The molecule has 0 bridgehead atoms. The Bertz CT molecular complexity index is 812. The second kappa shape index (κ2) is 12.4. The van der Waals surface area contributed by atoms with E-state index in [1.54, 1.807) is 12.1 Å². The van der Waals surface area contributed by atoms with Gasteiger partial charge in [-0.05, 0) is 67.5 Å². The first kappa shape index (κ1) is 23.2. The van der Waals surface area contributed by atoms with E-state index in [9.17, 15) is 4.79 Å². The van der Waals surface area contributed by atoms with Crippen molar-refractivity contribution in [3.05, 3.63) is 52.5 Å². The van der Waals surface area contributed by atoms with Gasteiger partial charge in [-0.25, -0.2) is 0 Å². The highest BCUT2D eigenvalue weighted by Crippen LogP contribution is 2.24. The minimum Gasteiger partial charge on any atom is -0.494 e. The van der Waals surface area contributed by atoms with Crippen LogP contribution < -0.4 is 20.1 Å². The Hall–Kier alpha value is -2.12. The van der Waals surface area contributed by atoms with Crippen LogP contribution in [0.25, 0.3) is 0 Å². The maximum atomic E-state index is 12.7. The van der Waals surface area contributed by atoms with Crippen molar-refractivity contribution >= 4 is 44.9 Å². The molecule has 0 fully saturated rings. The Morgan fingerprint density at radius 1 is 1.00 bits per heavy atom. The van der Waals surface area contributed by atoms with Crippen LogP contribution in [0.4, 0.5) is 5.69 Å². The normalized spacial score (nSPS) is 10.3. The topological polar surface area (TPSA) is 59.6 Å². The molecule has 0 radical (unpaired) electrons. The fourth-order valence-electron chi connectivity index (χ4n) is 2.43. The number of carbonyl (C=O) groups excluding carboxylic acids is 1. The number of hydrogen-bond donors (Lipinski definition) is 2. The zero-order valence-electron chi connectivity index (χ0n) is 16.8. The van der Waals surface area contributed by atoms with E-state index in [2.05, 4.69) is 40.4 Å². The van der Waals surface area contributed by atoms with Crippen molar-refractivity contribution in [2.45, 2.75) is 39.5 Å². The van der Waals surface area contributed by atoms with Gasteiger partial charge in [-0.3, -0.25) is 10.1 Å². The lowest BCUT2D eigenvalue weighted by Crippen LogP contribution is -2.34. The first-order chi connectivity index (χ1) is 14.0. The van der Waals surface area contributed by atoms with Crippen molar-refractivity contribution < 1.29 is 14.3 Å². The van der Waals surface area contributed by atoms with E-state index in [1.807, 2.05) is 30.3 Å². The summed E-state index contributed by atoms with van der Waals surface area (Å²) in [7, 11) is 0. The number of anilines is 1. The number of halogens is 1. The van der Waals surface area contributed by atoms with E-state index in [-0.39, 0.29) is 11.0 Å². The number of thiocarbonyl (C=S) groups is 1. The summed E-state index contributed by atoms with van der Waals surface area (Å²) >= 11 is 8.69. The van der Waals surface area contributed by atoms with Gasteiger partial charge in [0.2, 0.25) is 0 Å². The Morgan fingerprint density at radius 2 is 1.66 bits per heavy atom. The number of hydrogen-bond acceptors (Lipinski definition) is 4. The lowest BCUT2D eigenvalue weighted by Gasteiger charge is -2.14. The molecule has 0 saturated heterocycles. The Kier molecular flexibility index (Phi) is 9.94. The van der Waals surface area contributed by atoms with Gasteiger partial charge < -0.3 is 14.8 Å². The molecule has 2 aromatic rings. The third kappa shape index (κ3) is 8.03. The first-order valence-corrected chi connectivity index (χ1v) is 11.0. The van der Waals surface area contributed by atoms with E-state index < -0.39 is 0 Å². The van der Waals surface area contributed by atoms with Gasteiger partial charge in [0.15, 0.2) is 5.11 Å². The summed E-state index contributed by atoms with van der Waals surface area (Å²) < 4.78 is 12.2. The van der Waals surface area contributed by atoms with Gasteiger partial charge in [0.25, 0.3) is 5.91 Å². The van der Waals surface area contributed by atoms with Crippen molar-refractivity contribution in [2.75, 3.05) is 18.5 Å². The molecule has 2 rings (SSSR count). The predicted molar refractivity (Wildman–Crippen MR) is 125 cm³/mol. The van der Waals surface area contributed by atoms with Crippen LogP contribution >= 0.6 is 28.1 Å². The molecular weight excluding hydrogens is 452 g/mol. The molecule has 29 heavy (non-hydrogen) atoms. The summed E-state index contributed by atoms with van der Waals surface area (Å²) in [5.41, 5.74) is 1.20. The molecule has 156 valence electrons. The van der Waals surface area contributed by atoms with Crippen LogP contribution in [0.15, 0.2) is 46.9 Å². The molecule has 0 unspecified atom stereocenters. The van der Waals surface area contributed by atoms with Crippen LogP contribution in [0.5, 0.6) is 11.5 Å². The largest absolute Gasteiger partial charge is 0.494 e. The van der Waals surface area contributed by atoms with Gasteiger partial charge in [0, 0.05) is 10.2 Å². The average Bonchev–Trinajstić information content (AvgIpc) is 2.70. The summed E-state index contributed by atoms with van der Waals surface area (Å²) in [4.78, 5) is 12.7. The molecule has 0 spiro atoms. The quantitative estimate of drug-likeness (QED) is 0.327. The molecule has 0 aliphatic heterocycles. The third-order valence-corrected chi connectivity index (χ3v) is 4.74. The van der Waals surface area contributed by atoms with E-state index >= 15 is 0 Å². The van der Waals surface area contributed by atoms with Crippen LogP contribution in [-0.4, -0.2) is 24.2 Å². The average molecular weight is 479 g/mol. The second-order valence-corrected chi connectivity index (χ2v) is 7.80. The monoisotopic (exact) mass is 478 g/mol. The van der Waals surface area contributed by atoms with Gasteiger partial charge in [-0.2, -0.15) is 0 Å². The Labute approximate surface area is 186 Å². The van der Waals surface area contributed by atoms with Gasteiger partial charge in [-0.15, -0.1) is 0 Å². The van der Waals surface area contributed by atoms with Crippen molar-refractivity contribution in [1.29, 1.82) is 0 Å². The lowest BCUT2D eigenvalue weighted by atomic mass is 10.2. The highest BCUT2D eigenvalue weighted by atomic mass is 79.9. The second-order valence-electron chi connectivity index (χ2n) is 6.48. The zero-order chi connectivity index (χ0) is 21.1. The van der Waals surface area contributed by atoms with Crippen LogP contribution in [0.2, 0.25) is 0 Å². The summed E-state index contributed by atoms with van der Waals surface area (Å²) in [5, 5.41) is 5.94. The van der Waals surface area contributed by atoms with E-state index in [0.29, 0.717) is 24.5 Å². The minimum atomic E-state index is -0.324. The molecule has 7 heteroatoms. The molecule has 0 heterocycles. The molecule has 1 amide bonds. The SMILES string of the molecule is CCCCOc1ccc(NC(=S)NC(=O)c2cc(Br)ccc2OCCCC)cc1. The number of benzene rings is 2. The fraction of sp³-hybridized carbons (Fsp3) is 0.364. The predicted octanol–water partition coefficient (Wildman–Crippen LogP) is 5.93. The number of rotatable bonds is 10. The van der Waals surface area contributed by atoms with Gasteiger partial charge in [-0.1, -0.05) is 42.6 Å². The Balaban J connectivity index is 1.95. The summed E-state index contributed by atoms with van der Waals surface area (Å²) in [6.45, 7) is 5.48. The molecule has 2 N–H and O–H groups in total. The lowest BCUT2D eigenvalue weighted by molar-refractivity contribution is 0.0973. The zero-order valence-corrected chi connectivity index (χ0v) is 19.2. The van der Waals surface area contributed by atoms with E-state index in [0.717, 1.165) is 41.6 Å². The van der Waals surface area contributed by atoms with Crippen molar-refractivity contribution in [3.63, 3.8) is 0 Å². The molecular formula is C22H27BrN2O3S. The molecule has 5 nitrogen and oxygen atoms in total. The molecule has 0 aliphatic carbocycles. The highest BCUT2D eigenvalue weighted by Gasteiger charge is 2.15. The van der Waals surface area contributed by atoms with Gasteiger partial charge in [0.05, 0.1) is 18.8 Å². The van der Waals surface area contributed by atoms with E-state index in [1.165, 1.54) is 0 Å². The number of ether oxygens (including phenoxy) is 2. The minimum absolute atomic E-state index is 0.217. The van der Waals surface area contributed by atoms with Crippen LogP contribution in [-0.2, 0) is 0 Å². The molecule has 0 aliphatic rings. The molecule has 0 atom stereocenters. The van der Waals surface area contributed by atoms with Crippen molar-refractivity contribution in [2.24, 2.45) is 0 Å². The number of carbonyl (C=O) groups is 1. The number of unbranched alkanes of at least 4 members (excludes halogenated alkanes) is 2. The number of nitrogens with one attached hydrogen (secondary N) is 2. The number of amides is 1. The molecule has 2 aromatic carbocycles. The van der Waals surface area contributed by atoms with Crippen molar-refractivity contribution in [1.82, 2.24) is 5.32 Å². The van der Waals surface area contributed by atoms with Gasteiger partial charge in [0.1, 0.15) is 11.5 Å². The fourth-order valence-corrected chi connectivity index (χ4v) is 3.01. The molecule has 0 aromatic heterocycles. The van der Waals surface area contributed by atoms with Gasteiger partial charge >= 0.3 is 0 Å². The summed E-state index contributed by atoms with van der Waals surface area (Å²) in [6.07, 6.45) is 4.07. The van der Waals surface area contributed by atoms with Crippen LogP contribution in [0.3, 0.4) is 0 Å². The summed E-state index contributed by atoms with van der Waals surface area (Å²) in [6, 6.07) is 12.8. The standard InChI is InChI=1S/C22H27BrN2O3S/c1-3-5-13-27-18-10-8-17(9-11-18)24-22(29)25-21(26)19-15-16(23)7-12-20(19)28-14-6-4-2/h7-12,15H,3-6,13-14H2,1-2H3,(H2,24,25,26,29). The first-order valence-electron chi connectivity index (χ1n) is 9.81. The van der Waals surface area contributed by atoms with E-state index in [4.69, 9.17) is 21.7 Å². The van der Waals surface area contributed by atoms with Crippen molar-refractivity contribution in [3.8, 4) is 11.5 Å². The van der Waals surface area contributed by atoms with Crippen LogP contribution in [0.1, 0.15) is 49.9 Å².